The average Bonchev–Trinajstić information content (AvgIpc) is 3.27. The summed E-state index contributed by atoms with van der Waals surface area (Å²) in [5, 5.41) is 0. The van der Waals surface area contributed by atoms with E-state index in [4.69, 9.17) is 14.2 Å². The van der Waals surface area contributed by atoms with Gasteiger partial charge in [0.05, 0.1) is 0 Å². The highest BCUT2D eigenvalue weighted by molar-refractivity contribution is 5.71. The molecule has 0 radical (unpaired) electrons. The second-order valence-corrected chi connectivity index (χ2v) is 17.4. The molecule has 0 saturated carbocycles. The molecule has 0 aromatic rings. The van der Waals surface area contributed by atoms with E-state index < -0.39 is 6.10 Å². The molecule has 0 spiro atoms. The summed E-state index contributed by atoms with van der Waals surface area (Å²) in [6.07, 6.45) is 62.0. The lowest BCUT2D eigenvalue weighted by molar-refractivity contribution is -0.167. The van der Waals surface area contributed by atoms with Crippen molar-refractivity contribution in [1.29, 1.82) is 0 Å². The highest BCUT2D eigenvalue weighted by Crippen LogP contribution is 2.14. The van der Waals surface area contributed by atoms with Gasteiger partial charge in [0, 0.05) is 19.3 Å². The van der Waals surface area contributed by atoms with Gasteiger partial charge in [-0.2, -0.15) is 0 Å². The number of allylic oxidation sites excluding steroid dienone is 10. The quantitative estimate of drug-likeness (QED) is 0.0262. The fourth-order valence-corrected chi connectivity index (χ4v) is 7.21. The summed E-state index contributed by atoms with van der Waals surface area (Å²) in [5.74, 6) is -0.909. The van der Waals surface area contributed by atoms with Gasteiger partial charge in [0.1, 0.15) is 13.2 Å². The molecule has 0 bridgehead atoms. The van der Waals surface area contributed by atoms with Crippen LogP contribution in [-0.4, -0.2) is 37.2 Å². The molecule has 0 aromatic heterocycles. The maximum atomic E-state index is 12.8. The van der Waals surface area contributed by atoms with Crippen LogP contribution in [0.25, 0.3) is 0 Å². The molecule has 6 heteroatoms. The Kier molecular flexibility index (Phi) is 48.4. The van der Waals surface area contributed by atoms with Gasteiger partial charge in [0.25, 0.3) is 0 Å². The molecule has 0 heterocycles. The summed E-state index contributed by atoms with van der Waals surface area (Å²) in [4.78, 5) is 38.0. The van der Waals surface area contributed by atoms with Gasteiger partial charge in [-0.15, -0.1) is 0 Å². The summed E-state index contributed by atoms with van der Waals surface area (Å²) < 4.78 is 16.8. The predicted molar refractivity (Wildman–Crippen MR) is 265 cm³/mol. The Labute approximate surface area is 383 Å². The summed E-state index contributed by atoms with van der Waals surface area (Å²) in [6, 6.07) is 0. The number of unbranched alkanes of at least 4 members (excludes halogenated alkanes) is 26. The van der Waals surface area contributed by atoms with E-state index >= 15 is 0 Å². The number of hydrogen-bond acceptors (Lipinski definition) is 6. The third-order valence-electron chi connectivity index (χ3n) is 11.2. The Hall–Kier alpha value is -2.89. The van der Waals surface area contributed by atoms with Crippen molar-refractivity contribution in [3.8, 4) is 0 Å². The molecule has 358 valence electrons. The first-order chi connectivity index (χ1) is 30.5. The zero-order valence-electron chi connectivity index (χ0n) is 40.9. The SMILES string of the molecule is CCC/C=C\C/C=C\CCCCCCCC(=O)OC(COC(=O)CCCCCCC/C=C\CCCCC)COC(=O)CCCCCCCCCCC/C=C\C/C=C\CCCCC. The van der Waals surface area contributed by atoms with Crippen LogP contribution < -0.4 is 0 Å². The molecule has 0 fully saturated rings. The molecule has 1 unspecified atom stereocenters. The topological polar surface area (TPSA) is 78.9 Å². The van der Waals surface area contributed by atoms with Crippen LogP contribution in [0.15, 0.2) is 60.8 Å². The first-order valence-electron chi connectivity index (χ1n) is 26.3. The first kappa shape index (κ1) is 59.1. The van der Waals surface area contributed by atoms with Crippen LogP contribution in [0.4, 0.5) is 0 Å². The van der Waals surface area contributed by atoms with Crippen molar-refractivity contribution in [3.05, 3.63) is 60.8 Å². The number of ether oxygens (including phenoxy) is 3. The molecule has 6 nitrogen and oxygen atoms in total. The van der Waals surface area contributed by atoms with E-state index in [0.717, 1.165) is 103 Å². The second kappa shape index (κ2) is 50.8. The van der Waals surface area contributed by atoms with Crippen molar-refractivity contribution in [3.63, 3.8) is 0 Å². The van der Waals surface area contributed by atoms with Crippen LogP contribution in [0.2, 0.25) is 0 Å². The van der Waals surface area contributed by atoms with E-state index in [1.54, 1.807) is 0 Å². The lowest BCUT2D eigenvalue weighted by Crippen LogP contribution is -2.30. The Bertz CT molecular complexity index is 1130. The lowest BCUT2D eigenvalue weighted by Gasteiger charge is -2.18. The number of esters is 3. The van der Waals surface area contributed by atoms with Crippen LogP contribution in [0.1, 0.15) is 258 Å². The van der Waals surface area contributed by atoms with E-state index in [0.29, 0.717) is 19.3 Å². The van der Waals surface area contributed by atoms with Gasteiger partial charge in [0.2, 0.25) is 0 Å². The molecule has 0 aliphatic rings. The summed E-state index contributed by atoms with van der Waals surface area (Å²) >= 11 is 0. The largest absolute Gasteiger partial charge is 0.462 e. The Balaban J connectivity index is 4.36. The van der Waals surface area contributed by atoms with Gasteiger partial charge >= 0.3 is 17.9 Å². The molecule has 0 N–H and O–H groups in total. The van der Waals surface area contributed by atoms with Gasteiger partial charge in [-0.3, -0.25) is 14.4 Å². The number of carbonyl (C=O) groups is 3. The number of hydrogen-bond donors (Lipinski definition) is 0. The Morgan fingerprint density at radius 2 is 0.613 bits per heavy atom. The fourth-order valence-electron chi connectivity index (χ4n) is 7.21. The maximum absolute atomic E-state index is 12.8. The predicted octanol–water partition coefficient (Wildman–Crippen LogP) is 17.3. The lowest BCUT2D eigenvalue weighted by atomic mass is 10.1. The highest BCUT2D eigenvalue weighted by atomic mass is 16.6. The van der Waals surface area contributed by atoms with E-state index in [2.05, 4.69) is 81.5 Å². The molecule has 0 aromatic carbocycles. The highest BCUT2D eigenvalue weighted by Gasteiger charge is 2.19. The van der Waals surface area contributed by atoms with Crippen LogP contribution >= 0.6 is 0 Å². The van der Waals surface area contributed by atoms with Gasteiger partial charge in [0.15, 0.2) is 6.10 Å². The van der Waals surface area contributed by atoms with Crippen molar-refractivity contribution >= 4 is 17.9 Å². The smallest absolute Gasteiger partial charge is 0.306 e. The molecule has 0 aliphatic heterocycles. The zero-order valence-corrected chi connectivity index (χ0v) is 40.9. The van der Waals surface area contributed by atoms with Crippen molar-refractivity contribution in [2.75, 3.05) is 13.2 Å². The zero-order chi connectivity index (χ0) is 45.1. The standard InChI is InChI=1S/C56H98O6/c1-4-7-10-13-16-19-22-25-26-27-28-29-30-32-34-37-40-43-46-49-55(58)61-52-53(51-60-54(57)48-45-42-39-36-33-24-21-18-15-12-9-6-3)62-56(59)50-47-44-41-38-35-31-23-20-17-14-11-8-5-2/h11,14,16,18-21,23,25-26,53H,4-10,12-13,15,17,22,24,27-52H2,1-3H3/b14-11-,19-16-,21-18-,23-20-,26-25-. The molecule has 0 amide bonds. The molecule has 1 atom stereocenters. The number of carbonyl (C=O) groups excluding carboxylic acids is 3. The minimum atomic E-state index is -0.785. The van der Waals surface area contributed by atoms with Crippen LogP contribution in [-0.2, 0) is 28.6 Å². The second-order valence-electron chi connectivity index (χ2n) is 17.4. The Morgan fingerprint density at radius 3 is 0.968 bits per heavy atom. The molecule has 0 saturated heterocycles. The van der Waals surface area contributed by atoms with E-state index in [1.807, 2.05) is 0 Å². The van der Waals surface area contributed by atoms with Gasteiger partial charge < -0.3 is 14.2 Å². The minimum absolute atomic E-state index is 0.0845. The maximum Gasteiger partial charge on any atom is 0.306 e. The van der Waals surface area contributed by atoms with Crippen molar-refractivity contribution in [1.82, 2.24) is 0 Å². The normalized spacial score (nSPS) is 12.5. The number of rotatable bonds is 47. The van der Waals surface area contributed by atoms with Crippen LogP contribution in [0.5, 0.6) is 0 Å². The van der Waals surface area contributed by atoms with Crippen molar-refractivity contribution in [2.45, 2.75) is 264 Å². The fraction of sp³-hybridized carbons (Fsp3) is 0.768. The van der Waals surface area contributed by atoms with Gasteiger partial charge in [-0.25, -0.2) is 0 Å². The van der Waals surface area contributed by atoms with E-state index in [1.165, 1.54) is 116 Å². The molecular weight excluding hydrogens is 769 g/mol. The minimum Gasteiger partial charge on any atom is -0.462 e. The monoisotopic (exact) mass is 867 g/mol. The summed E-state index contributed by atoms with van der Waals surface area (Å²) in [6.45, 7) is 6.51. The Morgan fingerprint density at radius 1 is 0.323 bits per heavy atom. The first-order valence-corrected chi connectivity index (χ1v) is 26.3. The van der Waals surface area contributed by atoms with Gasteiger partial charge in [-0.1, -0.05) is 197 Å². The summed E-state index contributed by atoms with van der Waals surface area (Å²) in [5.41, 5.74) is 0. The molecular formula is C56H98O6. The molecule has 62 heavy (non-hydrogen) atoms. The summed E-state index contributed by atoms with van der Waals surface area (Å²) in [7, 11) is 0. The van der Waals surface area contributed by atoms with Crippen molar-refractivity contribution in [2.24, 2.45) is 0 Å². The van der Waals surface area contributed by atoms with E-state index in [9.17, 15) is 14.4 Å². The van der Waals surface area contributed by atoms with Crippen LogP contribution in [0.3, 0.4) is 0 Å². The van der Waals surface area contributed by atoms with Gasteiger partial charge in [-0.05, 0) is 103 Å². The molecule has 0 aliphatic carbocycles. The third-order valence-corrected chi connectivity index (χ3v) is 11.2. The molecule has 0 rings (SSSR count). The third kappa shape index (κ3) is 48.1. The average molecular weight is 867 g/mol. The van der Waals surface area contributed by atoms with Crippen LogP contribution in [0, 0.1) is 0 Å². The van der Waals surface area contributed by atoms with Crippen molar-refractivity contribution < 1.29 is 28.6 Å². The van der Waals surface area contributed by atoms with E-state index in [-0.39, 0.29) is 31.1 Å².